The maximum absolute atomic E-state index is 6.12. The first kappa shape index (κ1) is 21.9. The number of anilines is 2. The summed E-state index contributed by atoms with van der Waals surface area (Å²) >= 11 is 0. The Labute approximate surface area is 204 Å². The fourth-order valence-electron chi connectivity index (χ4n) is 4.43. The van der Waals surface area contributed by atoms with Crippen molar-refractivity contribution in [2.45, 2.75) is 13.0 Å². The lowest BCUT2D eigenvalue weighted by Gasteiger charge is -2.14. The highest BCUT2D eigenvalue weighted by molar-refractivity contribution is 5.90. The average Bonchev–Trinajstić information content (AvgIpc) is 3.19. The smallest absolute Gasteiger partial charge is 0.154 e. The fraction of sp³-hybridized carbons (Fsp3) is 0.0714. The van der Waals surface area contributed by atoms with Crippen LogP contribution in [-0.4, -0.2) is 14.5 Å². The first-order valence-corrected chi connectivity index (χ1v) is 11.1. The molecule has 168 valence electrons. The predicted octanol–water partition coefficient (Wildman–Crippen LogP) is 6.77. The number of aromatic nitrogens is 3. The zero-order valence-corrected chi connectivity index (χ0v) is 19.5. The summed E-state index contributed by atoms with van der Waals surface area (Å²) in [5.41, 5.74) is 14.3. The van der Waals surface area contributed by atoms with E-state index in [1.54, 1.807) is 0 Å². The summed E-state index contributed by atoms with van der Waals surface area (Å²) in [7, 11) is 0. The highest BCUT2D eigenvalue weighted by atomic mass is 35.5. The van der Waals surface area contributed by atoms with Gasteiger partial charge in [-0.1, -0.05) is 66.7 Å². The highest BCUT2D eigenvalue weighted by Crippen LogP contribution is 2.44. The largest absolute Gasteiger partial charge is 0.338 e. The molecule has 0 unspecified atom stereocenters. The van der Waals surface area contributed by atoms with Crippen LogP contribution in [0.4, 0.5) is 11.5 Å². The second-order valence-corrected chi connectivity index (χ2v) is 8.29. The van der Waals surface area contributed by atoms with Crippen LogP contribution in [0.5, 0.6) is 0 Å². The molecule has 2 aromatic heterocycles. The Bertz CT molecular complexity index is 1460. The van der Waals surface area contributed by atoms with E-state index in [2.05, 4.69) is 69.5 Å². The maximum atomic E-state index is 6.12. The van der Waals surface area contributed by atoms with Crippen molar-refractivity contribution < 1.29 is 0 Å². The van der Waals surface area contributed by atoms with Crippen molar-refractivity contribution in [2.24, 2.45) is 5.73 Å². The van der Waals surface area contributed by atoms with Crippen molar-refractivity contribution in [3.63, 3.8) is 0 Å². The van der Waals surface area contributed by atoms with E-state index in [1.807, 2.05) is 49.5 Å². The Morgan fingerprint density at radius 3 is 2.32 bits per heavy atom. The number of para-hydroxylation sites is 1. The van der Waals surface area contributed by atoms with Gasteiger partial charge in [-0.2, -0.15) is 0 Å². The molecule has 34 heavy (non-hydrogen) atoms. The van der Waals surface area contributed by atoms with E-state index in [0.29, 0.717) is 0 Å². The van der Waals surface area contributed by atoms with Gasteiger partial charge in [0.2, 0.25) is 0 Å². The Morgan fingerprint density at radius 2 is 1.56 bits per heavy atom. The Balaban J connectivity index is 0.00000241. The second kappa shape index (κ2) is 8.78. The molecule has 0 spiro atoms. The number of hydrogen-bond acceptors (Lipinski definition) is 4. The van der Waals surface area contributed by atoms with Gasteiger partial charge in [0.15, 0.2) is 5.82 Å². The molecule has 0 amide bonds. The number of halogens is 1. The molecule has 1 atom stereocenters. The number of benzene rings is 3. The van der Waals surface area contributed by atoms with Crippen molar-refractivity contribution in [1.82, 2.24) is 14.5 Å². The molecule has 3 aromatic carbocycles. The highest BCUT2D eigenvalue weighted by Gasteiger charge is 2.27. The minimum absolute atomic E-state index is 0. The number of nitrogens with one attached hydrogen (secondary N) is 1. The average molecular weight is 466 g/mol. The molecule has 6 heteroatoms. The molecule has 0 saturated heterocycles. The summed E-state index contributed by atoms with van der Waals surface area (Å²) in [4.78, 5) is 9.88. The minimum Gasteiger partial charge on any atom is -0.338 e. The van der Waals surface area contributed by atoms with Gasteiger partial charge in [0, 0.05) is 28.9 Å². The summed E-state index contributed by atoms with van der Waals surface area (Å²) in [6.45, 7) is 2.00. The molecular weight excluding hydrogens is 442 g/mol. The van der Waals surface area contributed by atoms with E-state index in [1.165, 1.54) is 0 Å². The van der Waals surface area contributed by atoms with E-state index in [-0.39, 0.29) is 18.4 Å². The lowest BCUT2D eigenvalue weighted by molar-refractivity contribution is 0.818. The normalized spacial score (nSPS) is 12.3. The number of rotatable bonds is 3. The Morgan fingerprint density at radius 1 is 0.824 bits per heavy atom. The summed E-state index contributed by atoms with van der Waals surface area (Å²) in [6, 6.07) is 31.1. The standard InChI is InChI=1S/C28H23N5.ClH/c1-18(29)19-13-15-21(16-14-19)26-25(20-8-3-2-4-9-20)32-28-22-10-5-6-11-23(22)31-27-24(33(26)28)12-7-17-30-27;/h2-18H,29H2,1H3,(H,30,31);1H/t18-;/m0./s1. The molecule has 5 aromatic rings. The van der Waals surface area contributed by atoms with Gasteiger partial charge in [0.25, 0.3) is 0 Å². The van der Waals surface area contributed by atoms with Crippen LogP contribution in [0.3, 0.4) is 0 Å². The number of hydrogen-bond donors (Lipinski definition) is 2. The van der Waals surface area contributed by atoms with Gasteiger partial charge in [-0.3, -0.25) is 4.57 Å². The number of fused-ring (bicyclic) bond motifs is 5. The Kier molecular flexibility index (Phi) is 5.65. The van der Waals surface area contributed by atoms with Crippen LogP contribution in [0.25, 0.3) is 39.6 Å². The predicted molar refractivity (Wildman–Crippen MR) is 141 cm³/mol. The van der Waals surface area contributed by atoms with E-state index in [0.717, 1.165) is 56.7 Å². The molecule has 3 N–H and O–H groups in total. The molecule has 5 nitrogen and oxygen atoms in total. The zero-order chi connectivity index (χ0) is 22.4. The van der Waals surface area contributed by atoms with E-state index < -0.39 is 0 Å². The summed E-state index contributed by atoms with van der Waals surface area (Å²) in [6.07, 6.45) is 1.81. The topological polar surface area (TPSA) is 68.8 Å². The van der Waals surface area contributed by atoms with E-state index in [4.69, 9.17) is 10.7 Å². The van der Waals surface area contributed by atoms with Crippen LogP contribution in [-0.2, 0) is 0 Å². The van der Waals surface area contributed by atoms with Gasteiger partial charge in [-0.05, 0) is 36.8 Å². The zero-order valence-electron chi connectivity index (χ0n) is 18.6. The van der Waals surface area contributed by atoms with Crippen molar-refractivity contribution >= 4 is 23.9 Å². The van der Waals surface area contributed by atoms with E-state index in [9.17, 15) is 0 Å². The molecule has 0 bridgehead atoms. The van der Waals surface area contributed by atoms with Crippen LogP contribution < -0.4 is 11.1 Å². The maximum Gasteiger partial charge on any atom is 0.154 e. The van der Waals surface area contributed by atoms with Crippen molar-refractivity contribution in [2.75, 3.05) is 5.32 Å². The first-order chi connectivity index (χ1) is 16.2. The quantitative estimate of drug-likeness (QED) is 0.302. The minimum atomic E-state index is -0.0174. The van der Waals surface area contributed by atoms with Crippen LogP contribution in [0.2, 0.25) is 0 Å². The third-order valence-electron chi connectivity index (χ3n) is 6.08. The number of nitrogens with two attached hydrogens (primary N) is 1. The van der Waals surface area contributed by atoms with Crippen LogP contribution in [0.1, 0.15) is 18.5 Å². The van der Waals surface area contributed by atoms with Gasteiger partial charge >= 0.3 is 0 Å². The van der Waals surface area contributed by atoms with Gasteiger partial charge in [0.1, 0.15) is 5.82 Å². The second-order valence-electron chi connectivity index (χ2n) is 8.29. The monoisotopic (exact) mass is 465 g/mol. The molecule has 1 aliphatic rings. The molecule has 0 fully saturated rings. The van der Waals surface area contributed by atoms with Gasteiger partial charge in [0.05, 0.1) is 22.8 Å². The Hall–Kier alpha value is -3.93. The summed E-state index contributed by atoms with van der Waals surface area (Å²) in [5, 5.41) is 3.51. The number of pyridine rings is 1. The molecule has 6 rings (SSSR count). The molecule has 0 radical (unpaired) electrons. The molecule has 1 aliphatic heterocycles. The molecule has 0 saturated carbocycles. The molecule has 3 heterocycles. The van der Waals surface area contributed by atoms with Crippen LogP contribution >= 0.6 is 12.4 Å². The van der Waals surface area contributed by atoms with Gasteiger partial charge in [-0.15, -0.1) is 12.4 Å². The third-order valence-corrected chi connectivity index (χ3v) is 6.08. The van der Waals surface area contributed by atoms with Crippen LogP contribution in [0.15, 0.2) is 97.2 Å². The van der Waals surface area contributed by atoms with E-state index >= 15 is 0 Å². The SMILES string of the molecule is C[C@H](N)c1ccc(-c2c(-c3ccccc3)nc3n2-c2cccnc2Nc2ccccc2-3)cc1.Cl. The van der Waals surface area contributed by atoms with Gasteiger partial charge < -0.3 is 11.1 Å². The summed E-state index contributed by atoms with van der Waals surface area (Å²) < 4.78 is 2.23. The van der Waals surface area contributed by atoms with Crippen LogP contribution in [0, 0.1) is 0 Å². The number of nitrogens with zero attached hydrogens (tertiary/aromatic N) is 3. The number of imidazole rings is 1. The molecule has 0 aliphatic carbocycles. The lowest BCUT2D eigenvalue weighted by atomic mass is 10.0. The van der Waals surface area contributed by atoms with Gasteiger partial charge in [-0.25, -0.2) is 9.97 Å². The van der Waals surface area contributed by atoms with Crippen molar-refractivity contribution in [1.29, 1.82) is 0 Å². The summed E-state index contributed by atoms with van der Waals surface area (Å²) in [5.74, 6) is 1.68. The first-order valence-electron chi connectivity index (χ1n) is 11.1. The fourth-order valence-corrected chi connectivity index (χ4v) is 4.43. The van der Waals surface area contributed by atoms with Crippen molar-refractivity contribution in [3.8, 4) is 39.6 Å². The lowest BCUT2D eigenvalue weighted by Crippen LogP contribution is -2.05. The van der Waals surface area contributed by atoms with Crippen molar-refractivity contribution in [3.05, 3.63) is 103 Å². The molecular formula is C28H24ClN5. The third kappa shape index (κ3) is 3.55.